The van der Waals surface area contributed by atoms with Crippen molar-refractivity contribution < 1.29 is 37.1 Å². The molecule has 2 aliphatic heterocycles. The lowest BCUT2D eigenvalue weighted by molar-refractivity contribution is -0.100. The molecule has 0 aromatic heterocycles. The third kappa shape index (κ3) is 10.5. The molecule has 0 spiro atoms. The van der Waals surface area contributed by atoms with Crippen LogP contribution in [0.2, 0.25) is 5.02 Å². The second kappa shape index (κ2) is 15.1. The van der Waals surface area contributed by atoms with Gasteiger partial charge in [0, 0.05) is 21.2 Å². The summed E-state index contributed by atoms with van der Waals surface area (Å²) < 4.78 is 50.1. The van der Waals surface area contributed by atoms with Gasteiger partial charge in [0.1, 0.15) is 23.7 Å². The van der Waals surface area contributed by atoms with E-state index in [9.17, 15) is 9.36 Å². The van der Waals surface area contributed by atoms with Crippen molar-refractivity contribution in [3.05, 3.63) is 88.9 Å². The molecule has 0 aliphatic carbocycles. The van der Waals surface area contributed by atoms with Crippen molar-refractivity contribution in [1.82, 2.24) is 4.90 Å². The average Bonchev–Trinajstić information content (AvgIpc) is 3.27. The van der Waals surface area contributed by atoms with E-state index >= 15 is 0 Å². The number of amides is 1. The molecule has 2 saturated heterocycles. The highest BCUT2D eigenvalue weighted by atomic mass is 35.5. The number of rotatable bonds is 11. The van der Waals surface area contributed by atoms with E-state index in [-0.39, 0.29) is 13.2 Å². The summed E-state index contributed by atoms with van der Waals surface area (Å²) in [6, 6.07) is 24.0. The molecule has 2 fully saturated rings. The maximum absolute atomic E-state index is 14.0. The van der Waals surface area contributed by atoms with Gasteiger partial charge in [0.2, 0.25) is 0 Å². The first-order valence-electron chi connectivity index (χ1n) is 17.2. The summed E-state index contributed by atoms with van der Waals surface area (Å²) in [6.45, 7) is 16.9. The van der Waals surface area contributed by atoms with Crippen molar-refractivity contribution >= 4 is 37.3 Å². The minimum Gasteiger partial charge on any atom is -0.489 e. The second-order valence-corrected chi connectivity index (χ2v) is 19.1. The molecule has 3 aromatic rings. The van der Waals surface area contributed by atoms with Crippen molar-refractivity contribution in [1.29, 1.82) is 0 Å². The Morgan fingerprint density at radius 2 is 1.59 bits per heavy atom. The van der Waals surface area contributed by atoms with E-state index in [2.05, 4.69) is 0 Å². The van der Waals surface area contributed by atoms with Crippen LogP contribution in [0.4, 0.5) is 4.79 Å². The monoisotopic (exact) mass is 759 g/mol. The normalized spacial score (nSPS) is 22.0. The fraction of sp³-hybridized carbons (Fsp3) is 0.513. The van der Waals surface area contributed by atoms with Crippen LogP contribution in [-0.4, -0.2) is 52.3 Å². The zero-order valence-electron chi connectivity index (χ0n) is 31.1. The molecule has 9 nitrogen and oxygen atoms in total. The van der Waals surface area contributed by atoms with E-state index in [1.54, 1.807) is 30.5 Å². The lowest BCUT2D eigenvalue weighted by Gasteiger charge is -2.45. The molecule has 51 heavy (non-hydrogen) atoms. The predicted molar refractivity (Wildman–Crippen MR) is 200 cm³/mol. The minimum absolute atomic E-state index is 0.111. The molecule has 0 N–H and O–H groups in total. The number of hydrogen-bond acceptors (Lipinski definition) is 9. The number of phosphoric ester groups is 1. The molecule has 278 valence electrons. The fourth-order valence-corrected chi connectivity index (χ4v) is 9.85. The molecule has 0 unspecified atom stereocenters. The number of carbonyl (C=O) groups is 1. The molecule has 0 bridgehead atoms. The summed E-state index contributed by atoms with van der Waals surface area (Å²) in [6.07, 6.45) is 0.803. The SMILES string of the molecule is CC(C)(C)OC(=O)N1C(C)(C)OC[C@@]1(CCc1ccc(Sc2cccc(OCc3ccccc3)c2)cc1Cl)COP1(=O)OC(C)(C)CC(C)(C)O1. The van der Waals surface area contributed by atoms with Crippen LogP contribution in [0.25, 0.3) is 0 Å². The maximum Gasteiger partial charge on any atom is 0.475 e. The Balaban J connectivity index is 1.34. The molecule has 3 aromatic carbocycles. The van der Waals surface area contributed by atoms with Gasteiger partial charge in [-0.25, -0.2) is 9.36 Å². The number of benzene rings is 3. The maximum atomic E-state index is 14.0. The Labute approximate surface area is 312 Å². The van der Waals surface area contributed by atoms with E-state index in [4.69, 9.17) is 39.4 Å². The molecule has 2 aliphatic rings. The van der Waals surface area contributed by atoms with Crippen LogP contribution >= 0.6 is 31.2 Å². The van der Waals surface area contributed by atoms with Crippen molar-refractivity contribution in [2.24, 2.45) is 0 Å². The average molecular weight is 760 g/mol. The van der Waals surface area contributed by atoms with E-state index in [1.807, 2.05) is 121 Å². The Hall–Kier alpha value is -2.56. The number of nitrogens with zero attached hydrogens (tertiary/aromatic N) is 1. The first kappa shape index (κ1) is 39.6. The van der Waals surface area contributed by atoms with Gasteiger partial charge in [0.05, 0.1) is 30.0 Å². The molecule has 5 rings (SSSR count). The zero-order chi connectivity index (χ0) is 37.3. The number of ether oxygens (including phenoxy) is 3. The number of halogens is 1. The van der Waals surface area contributed by atoms with E-state index in [1.165, 1.54) is 0 Å². The third-order valence-electron chi connectivity index (χ3n) is 8.52. The minimum atomic E-state index is -4.03. The summed E-state index contributed by atoms with van der Waals surface area (Å²) in [4.78, 5) is 17.4. The van der Waals surface area contributed by atoms with Gasteiger partial charge in [-0.1, -0.05) is 65.8 Å². The predicted octanol–water partition coefficient (Wildman–Crippen LogP) is 10.9. The summed E-state index contributed by atoms with van der Waals surface area (Å²) in [5.74, 6) is 0.786. The van der Waals surface area contributed by atoms with Crippen LogP contribution in [0.5, 0.6) is 5.75 Å². The lowest BCUT2D eigenvalue weighted by Crippen LogP contribution is -2.59. The second-order valence-electron chi connectivity index (χ2n) is 16.0. The van der Waals surface area contributed by atoms with Crippen LogP contribution in [-0.2, 0) is 40.6 Å². The van der Waals surface area contributed by atoms with E-state index in [0.717, 1.165) is 26.7 Å². The quantitative estimate of drug-likeness (QED) is 0.177. The van der Waals surface area contributed by atoms with Crippen molar-refractivity contribution in [3.8, 4) is 5.75 Å². The number of hydrogen-bond donors (Lipinski definition) is 0. The molecule has 0 saturated carbocycles. The van der Waals surface area contributed by atoms with Gasteiger partial charge in [-0.05, 0) is 117 Å². The number of phosphoric acid groups is 1. The Kier molecular flexibility index (Phi) is 11.7. The number of carbonyl (C=O) groups excluding carboxylic acids is 1. The number of aryl methyl sites for hydroxylation is 1. The molecule has 1 atom stereocenters. The van der Waals surface area contributed by atoms with Crippen LogP contribution in [0, 0.1) is 0 Å². The highest BCUT2D eigenvalue weighted by Crippen LogP contribution is 2.61. The Bertz CT molecular complexity index is 1720. The molecule has 2 heterocycles. The van der Waals surface area contributed by atoms with Gasteiger partial charge < -0.3 is 14.2 Å². The third-order valence-corrected chi connectivity index (χ3v) is 11.7. The smallest absolute Gasteiger partial charge is 0.475 e. The van der Waals surface area contributed by atoms with Crippen molar-refractivity contribution in [3.63, 3.8) is 0 Å². The Morgan fingerprint density at radius 1 is 0.922 bits per heavy atom. The van der Waals surface area contributed by atoms with E-state index in [0.29, 0.717) is 30.9 Å². The summed E-state index contributed by atoms with van der Waals surface area (Å²) in [5, 5.41) is 0.588. The van der Waals surface area contributed by atoms with Crippen LogP contribution < -0.4 is 4.74 Å². The summed E-state index contributed by atoms with van der Waals surface area (Å²) in [5.41, 5.74) is -2.40. The van der Waals surface area contributed by atoms with Gasteiger partial charge in [0.15, 0.2) is 0 Å². The standard InChI is InChI=1S/C39H51ClNO8PS/c1-35(2,3)47-34(42)41-38(8,9)45-26-39(41,27-46-50(43)48-36(4,5)25-37(6,7)49-50)21-20-29-18-19-32(23-33(29)40)51-31-17-13-16-30(22-31)44-24-28-14-11-10-12-15-28/h10-19,22-23H,20-21,24-27H2,1-9H3/t39-/m0/s1. The van der Waals surface area contributed by atoms with Crippen LogP contribution in [0.3, 0.4) is 0 Å². The van der Waals surface area contributed by atoms with Gasteiger partial charge in [-0.15, -0.1) is 0 Å². The zero-order valence-corrected chi connectivity index (χ0v) is 33.6. The summed E-state index contributed by atoms with van der Waals surface area (Å²) >= 11 is 8.50. The van der Waals surface area contributed by atoms with Gasteiger partial charge in [-0.3, -0.25) is 18.5 Å². The molecule has 1 amide bonds. The summed E-state index contributed by atoms with van der Waals surface area (Å²) in [7, 11) is -4.03. The molecular formula is C39H51ClNO8PS. The largest absolute Gasteiger partial charge is 0.489 e. The molecular weight excluding hydrogens is 709 g/mol. The van der Waals surface area contributed by atoms with Crippen LogP contribution in [0.1, 0.15) is 86.3 Å². The van der Waals surface area contributed by atoms with Crippen molar-refractivity contribution in [2.45, 2.75) is 126 Å². The van der Waals surface area contributed by atoms with Gasteiger partial charge in [-0.2, -0.15) is 0 Å². The van der Waals surface area contributed by atoms with Gasteiger partial charge in [0.25, 0.3) is 0 Å². The first-order chi connectivity index (χ1) is 23.7. The highest BCUT2D eigenvalue weighted by Gasteiger charge is 2.57. The first-order valence-corrected chi connectivity index (χ1v) is 19.9. The topological polar surface area (TPSA) is 92.8 Å². The Morgan fingerprint density at radius 3 is 2.24 bits per heavy atom. The van der Waals surface area contributed by atoms with E-state index < -0.39 is 42.0 Å². The highest BCUT2D eigenvalue weighted by molar-refractivity contribution is 7.99. The van der Waals surface area contributed by atoms with Crippen LogP contribution in [0.15, 0.2) is 82.6 Å². The van der Waals surface area contributed by atoms with Crippen molar-refractivity contribution in [2.75, 3.05) is 13.2 Å². The lowest BCUT2D eigenvalue weighted by atomic mass is 9.91. The molecule has 0 radical (unpaired) electrons. The fourth-order valence-electron chi connectivity index (χ4n) is 6.73. The molecule has 12 heteroatoms. The van der Waals surface area contributed by atoms with Gasteiger partial charge >= 0.3 is 13.9 Å².